The minimum atomic E-state index is -0.196. The van der Waals surface area contributed by atoms with Crippen molar-refractivity contribution >= 4 is 17.6 Å². The number of carbonyl (C=O) groups excluding carboxylic acids is 2. The normalized spacial score (nSPS) is 20.9. The second-order valence-corrected chi connectivity index (χ2v) is 5.81. The van der Waals surface area contributed by atoms with E-state index in [0.29, 0.717) is 18.7 Å². The fraction of sp³-hybridized carbons (Fsp3) is 0.562. The fourth-order valence-electron chi connectivity index (χ4n) is 2.59. The van der Waals surface area contributed by atoms with Gasteiger partial charge in [0.1, 0.15) is 5.82 Å². The van der Waals surface area contributed by atoms with Gasteiger partial charge in [-0.1, -0.05) is 0 Å². The number of carbonyl (C=O) groups is 2. The van der Waals surface area contributed by atoms with Crippen molar-refractivity contribution in [2.75, 3.05) is 31.1 Å². The van der Waals surface area contributed by atoms with Gasteiger partial charge in [0.2, 0.25) is 5.91 Å². The van der Waals surface area contributed by atoms with Crippen molar-refractivity contribution in [2.45, 2.75) is 33.0 Å². The fourth-order valence-corrected chi connectivity index (χ4v) is 2.59. The number of amides is 2. The first-order chi connectivity index (χ1) is 11.0. The molecule has 2 N–H and O–H groups in total. The van der Waals surface area contributed by atoms with Gasteiger partial charge in [0.25, 0.3) is 5.91 Å². The molecule has 1 saturated heterocycles. The summed E-state index contributed by atoms with van der Waals surface area (Å²) in [6.45, 7) is 7.91. The van der Waals surface area contributed by atoms with Crippen molar-refractivity contribution in [3.05, 3.63) is 23.9 Å². The van der Waals surface area contributed by atoms with Crippen molar-refractivity contribution in [1.29, 1.82) is 0 Å². The highest BCUT2D eigenvalue weighted by atomic mass is 16.5. The van der Waals surface area contributed by atoms with E-state index < -0.39 is 0 Å². The molecule has 1 aliphatic rings. The van der Waals surface area contributed by atoms with Crippen LogP contribution in [0, 0.1) is 0 Å². The predicted molar refractivity (Wildman–Crippen MR) is 87.5 cm³/mol. The van der Waals surface area contributed by atoms with E-state index in [1.54, 1.807) is 12.3 Å². The SMILES string of the molecule is CC(=O)NCCNC(=O)c1ccc(N2C[C@@H](C)O[C@@H](C)C2)nc1. The standard InChI is InChI=1S/C16H24N4O3/c1-11-9-20(10-12(2)23-11)15-5-4-14(8-19-15)16(22)18-7-6-17-13(3)21/h4-5,8,11-12H,6-7,9-10H2,1-3H3,(H,17,21)(H,18,22)/t11-,12+. The smallest absolute Gasteiger partial charge is 0.252 e. The molecule has 1 aliphatic heterocycles. The molecule has 2 heterocycles. The first-order valence-corrected chi connectivity index (χ1v) is 7.85. The van der Waals surface area contributed by atoms with E-state index in [4.69, 9.17) is 4.74 Å². The monoisotopic (exact) mass is 320 g/mol. The van der Waals surface area contributed by atoms with Crippen molar-refractivity contribution < 1.29 is 14.3 Å². The minimum absolute atomic E-state index is 0.112. The average Bonchev–Trinajstić information content (AvgIpc) is 2.50. The molecule has 0 aliphatic carbocycles. The van der Waals surface area contributed by atoms with Gasteiger partial charge in [-0.15, -0.1) is 0 Å². The largest absolute Gasteiger partial charge is 0.372 e. The molecular weight excluding hydrogens is 296 g/mol. The molecule has 0 unspecified atom stereocenters. The summed E-state index contributed by atoms with van der Waals surface area (Å²) in [5, 5.41) is 5.37. The lowest BCUT2D eigenvalue weighted by Crippen LogP contribution is -2.45. The van der Waals surface area contributed by atoms with E-state index >= 15 is 0 Å². The maximum atomic E-state index is 12.0. The van der Waals surface area contributed by atoms with Gasteiger partial charge in [0.05, 0.1) is 17.8 Å². The molecule has 0 spiro atoms. The molecule has 1 fully saturated rings. The number of morpholine rings is 1. The summed E-state index contributed by atoms with van der Waals surface area (Å²) in [4.78, 5) is 29.3. The Hall–Kier alpha value is -2.15. The first-order valence-electron chi connectivity index (χ1n) is 7.85. The number of nitrogens with one attached hydrogen (secondary N) is 2. The van der Waals surface area contributed by atoms with Crippen LogP contribution in [0.1, 0.15) is 31.1 Å². The quantitative estimate of drug-likeness (QED) is 0.775. The zero-order chi connectivity index (χ0) is 16.8. The van der Waals surface area contributed by atoms with Gasteiger partial charge in [-0.2, -0.15) is 0 Å². The minimum Gasteiger partial charge on any atom is -0.372 e. The summed E-state index contributed by atoms with van der Waals surface area (Å²) in [6, 6.07) is 3.62. The number of hydrogen-bond acceptors (Lipinski definition) is 5. The van der Waals surface area contributed by atoms with Crippen LogP contribution in [-0.4, -0.2) is 55.2 Å². The molecule has 2 atom stereocenters. The maximum Gasteiger partial charge on any atom is 0.252 e. The van der Waals surface area contributed by atoms with Crippen LogP contribution in [0.5, 0.6) is 0 Å². The molecule has 0 aromatic carbocycles. The van der Waals surface area contributed by atoms with Crippen LogP contribution >= 0.6 is 0 Å². The van der Waals surface area contributed by atoms with Gasteiger partial charge < -0.3 is 20.3 Å². The van der Waals surface area contributed by atoms with Crippen LogP contribution in [-0.2, 0) is 9.53 Å². The molecule has 2 amide bonds. The molecule has 2 rings (SSSR count). The van der Waals surface area contributed by atoms with Crippen molar-refractivity contribution in [1.82, 2.24) is 15.6 Å². The third kappa shape index (κ3) is 5.21. The zero-order valence-corrected chi connectivity index (χ0v) is 13.8. The van der Waals surface area contributed by atoms with Gasteiger partial charge in [-0.3, -0.25) is 9.59 Å². The van der Waals surface area contributed by atoms with Crippen LogP contribution in [0.25, 0.3) is 0 Å². The molecule has 1 aromatic heterocycles. The summed E-state index contributed by atoms with van der Waals surface area (Å²) in [6.07, 6.45) is 1.91. The van der Waals surface area contributed by atoms with E-state index in [1.165, 1.54) is 6.92 Å². The van der Waals surface area contributed by atoms with E-state index in [0.717, 1.165) is 18.9 Å². The van der Waals surface area contributed by atoms with Crippen LogP contribution < -0.4 is 15.5 Å². The van der Waals surface area contributed by atoms with Crippen LogP contribution in [0.2, 0.25) is 0 Å². The molecule has 0 bridgehead atoms. The molecule has 23 heavy (non-hydrogen) atoms. The Bertz CT molecular complexity index is 537. The lowest BCUT2D eigenvalue weighted by Gasteiger charge is -2.36. The summed E-state index contributed by atoms with van der Waals surface area (Å²) in [5.41, 5.74) is 0.505. The molecule has 126 valence electrons. The number of aromatic nitrogens is 1. The molecule has 7 nitrogen and oxygen atoms in total. The molecule has 7 heteroatoms. The lowest BCUT2D eigenvalue weighted by molar-refractivity contribution is -0.118. The number of ether oxygens (including phenoxy) is 1. The number of pyridine rings is 1. The number of anilines is 1. The number of nitrogens with zero attached hydrogens (tertiary/aromatic N) is 2. The zero-order valence-electron chi connectivity index (χ0n) is 13.8. The third-order valence-corrected chi connectivity index (χ3v) is 3.54. The highest BCUT2D eigenvalue weighted by Crippen LogP contribution is 2.18. The predicted octanol–water partition coefficient (Wildman–Crippen LogP) is 0.561. The van der Waals surface area contributed by atoms with Crippen molar-refractivity contribution in [2.24, 2.45) is 0 Å². The Kier molecular flexibility index (Phi) is 5.92. The highest BCUT2D eigenvalue weighted by molar-refractivity contribution is 5.94. The van der Waals surface area contributed by atoms with Crippen LogP contribution in [0.3, 0.4) is 0 Å². The highest BCUT2D eigenvalue weighted by Gasteiger charge is 2.23. The second kappa shape index (κ2) is 7.92. The van der Waals surface area contributed by atoms with E-state index in [2.05, 4.69) is 20.5 Å². The van der Waals surface area contributed by atoms with E-state index in [-0.39, 0.29) is 24.0 Å². The van der Waals surface area contributed by atoms with Gasteiger partial charge in [0, 0.05) is 39.3 Å². The Morgan fingerprint density at radius 1 is 1.22 bits per heavy atom. The summed E-state index contributed by atoms with van der Waals surface area (Å²) < 4.78 is 5.71. The Labute approximate surface area is 136 Å². The first kappa shape index (κ1) is 17.2. The maximum absolute atomic E-state index is 12.0. The number of rotatable bonds is 5. The summed E-state index contributed by atoms with van der Waals surface area (Å²) in [5.74, 6) is 0.541. The lowest BCUT2D eigenvalue weighted by atomic mass is 10.2. The summed E-state index contributed by atoms with van der Waals surface area (Å²) in [7, 11) is 0. The Morgan fingerprint density at radius 3 is 2.43 bits per heavy atom. The Balaban J connectivity index is 1.88. The van der Waals surface area contributed by atoms with Crippen molar-refractivity contribution in [3.63, 3.8) is 0 Å². The summed E-state index contributed by atoms with van der Waals surface area (Å²) >= 11 is 0. The molecule has 0 radical (unpaired) electrons. The second-order valence-electron chi connectivity index (χ2n) is 5.81. The molecular formula is C16H24N4O3. The van der Waals surface area contributed by atoms with E-state index in [1.807, 2.05) is 19.9 Å². The van der Waals surface area contributed by atoms with Crippen LogP contribution in [0.15, 0.2) is 18.3 Å². The van der Waals surface area contributed by atoms with Crippen molar-refractivity contribution in [3.8, 4) is 0 Å². The van der Waals surface area contributed by atoms with Crippen LogP contribution in [0.4, 0.5) is 5.82 Å². The van der Waals surface area contributed by atoms with Gasteiger partial charge in [-0.25, -0.2) is 4.98 Å². The van der Waals surface area contributed by atoms with E-state index in [9.17, 15) is 9.59 Å². The molecule has 1 aromatic rings. The van der Waals surface area contributed by atoms with Gasteiger partial charge in [-0.05, 0) is 26.0 Å². The third-order valence-electron chi connectivity index (χ3n) is 3.54. The van der Waals surface area contributed by atoms with Gasteiger partial charge >= 0.3 is 0 Å². The average molecular weight is 320 g/mol. The molecule has 0 saturated carbocycles. The topological polar surface area (TPSA) is 83.6 Å². The van der Waals surface area contributed by atoms with Gasteiger partial charge in [0.15, 0.2) is 0 Å². The number of hydrogen-bond donors (Lipinski definition) is 2. The Morgan fingerprint density at radius 2 is 1.87 bits per heavy atom.